The van der Waals surface area contributed by atoms with Crippen LogP contribution in [0.4, 0.5) is 29.5 Å². The molecule has 9 heteroatoms. The van der Waals surface area contributed by atoms with E-state index in [1.165, 1.54) is 6.20 Å². The standard InChI is InChI=1S/C16H12F3N3O3/c17-16(18,19)10-3-5-11(6-4-10)22-13-9(2-1-7-20-13)8-12(14(22)23)21-15(24)25/h1-7,12,21H,8H2,(H,24,25). The highest BCUT2D eigenvalue weighted by Gasteiger charge is 2.36. The Morgan fingerprint density at radius 2 is 1.92 bits per heavy atom. The molecule has 3 rings (SSSR count). The summed E-state index contributed by atoms with van der Waals surface area (Å²) in [4.78, 5) is 28.8. The summed E-state index contributed by atoms with van der Waals surface area (Å²) in [6.07, 6.45) is -4.29. The topological polar surface area (TPSA) is 82.5 Å². The summed E-state index contributed by atoms with van der Waals surface area (Å²) in [5.41, 5.74) is -0.0576. The van der Waals surface area contributed by atoms with E-state index in [0.717, 1.165) is 29.2 Å². The van der Waals surface area contributed by atoms with Crippen LogP contribution in [0.5, 0.6) is 0 Å². The van der Waals surface area contributed by atoms with Gasteiger partial charge in [-0.1, -0.05) is 6.07 Å². The minimum atomic E-state index is -4.49. The third-order valence-corrected chi connectivity index (χ3v) is 3.77. The van der Waals surface area contributed by atoms with Gasteiger partial charge in [0, 0.05) is 12.6 Å². The first kappa shape index (κ1) is 16.7. The molecule has 0 aliphatic carbocycles. The fraction of sp³-hybridized carbons (Fsp3) is 0.188. The predicted octanol–water partition coefficient (Wildman–Crippen LogP) is 2.96. The number of nitrogens with zero attached hydrogens (tertiary/aromatic N) is 2. The molecule has 0 radical (unpaired) electrons. The van der Waals surface area contributed by atoms with Gasteiger partial charge in [-0.05, 0) is 35.9 Å². The molecule has 1 aliphatic rings. The molecule has 2 N–H and O–H groups in total. The van der Waals surface area contributed by atoms with E-state index in [1.807, 2.05) is 0 Å². The molecule has 1 aromatic heterocycles. The van der Waals surface area contributed by atoms with Crippen LogP contribution in [0.25, 0.3) is 0 Å². The van der Waals surface area contributed by atoms with Gasteiger partial charge in [-0.2, -0.15) is 13.2 Å². The van der Waals surface area contributed by atoms with Crippen LogP contribution in [0.3, 0.4) is 0 Å². The number of anilines is 2. The summed E-state index contributed by atoms with van der Waals surface area (Å²) < 4.78 is 38.1. The lowest BCUT2D eigenvalue weighted by Gasteiger charge is -2.33. The van der Waals surface area contributed by atoms with Gasteiger partial charge < -0.3 is 10.4 Å². The lowest BCUT2D eigenvalue weighted by atomic mass is 9.99. The molecule has 0 bridgehead atoms. The molecule has 130 valence electrons. The van der Waals surface area contributed by atoms with Crippen LogP contribution < -0.4 is 10.2 Å². The highest BCUT2D eigenvalue weighted by Crippen LogP contribution is 2.35. The summed E-state index contributed by atoms with van der Waals surface area (Å²) in [5.74, 6) is -0.330. The first-order valence-electron chi connectivity index (χ1n) is 7.22. The Morgan fingerprint density at radius 1 is 1.24 bits per heavy atom. The van der Waals surface area contributed by atoms with Crippen LogP contribution in [-0.2, 0) is 17.4 Å². The van der Waals surface area contributed by atoms with E-state index in [-0.39, 0.29) is 17.9 Å². The lowest BCUT2D eigenvalue weighted by molar-refractivity contribution is -0.137. The molecule has 0 saturated carbocycles. The highest BCUT2D eigenvalue weighted by molar-refractivity contribution is 6.06. The second-order valence-corrected chi connectivity index (χ2v) is 5.41. The maximum absolute atomic E-state index is 12.7. The number of benzene rings is 1. The van der Waals surface area contributed by atoms with Crippen LogP contribution in [0.1, 0.15) is 11.1 Å². The number of aromatic nitrogens is 1. The largest absolute Gasteiger partial charge is 0.465 e. The number of carbonyl (C=O) groups is 2. The number of fused-ring (bicyclic) bond motifs is 1. The Kier molecular flexibility index (Phi) is 4.07. The molecule has 0 fully saturated rings. The molecule has 1 aliphatic heterocycles. The Labute approximate surface area is 139 Å². The van der Waals surface area contributed by atoms with E-state index in [2.05, 4.69) is 10.3 Å². The number of pyridine rings is 1. The van der Waals surface area contributed by atoms with Crippen molar-refractivity contribution in [3.8, 4) is 0 Å². The summed E-state index contributed by atoms with van der Waals surface area (Å²) in [6, 6.07) is 6.31. The number of carbonyl (C=O) groups excluding carboxylic acids is 1. The minimum Gasteiger partial charge on any atom is -0.465 e. The summed E-state index contributed by atoms with van der Waals surface area (Å²) in [5, 5.41) is 11.0. The van der Waals surface area contributed by atoms with Crippen LogP contribution in [0.15, 0.2) is 42.6 Å². The molecule has 1 unspecified atom stereocenters. The average molecular weight is 351 g/mol. The maximum Gasteiger partial charge on any atom is 0.416 e. The van der Waals surface area contributed by atoms with Crippen molar-refractivity contribution in [1.29, 1.82) is 0 Å². The molecule has 0 saturated heterocycles. The number of hydrogen-bond acceptors (Lipinski definition) is 3. The van der Waals surface area contributed by atoms with E-state index in [0.29, 0.717) is 5.56 Å². The second-order valence-electron chi connectivity index (χ2n) is 5.41. The van der Waals surface area contributed by atoms with Crippen LogP contribution in [0.2, 0.25) is 0 Å². The second kappa shape index (κ2) is 6.08. The SMILES string of the molecule is O=C(O)NC1Cc2cccnc2N(c2ccc(C(F)(F)F)cc2)C1=O. The highest BCUT2D eigenvalue weighted by atomic mass is 19.4. The van der Waals surface area contributed by atoms with Crippen molar-refractivity contribution in [1.82, 2.24) is 10.3 Å². The zero-order valence-electron chi connectivity index (χ0n) is 12.6. The molecule has 2 aromatic rings. The minimum absolute atomic E-state index is 0.117. The number of hydrogen-bond donors (Lipinski definition) is 2. The Hall–Kier alpha value is -3.10. The zero-order chi connectivity index (χ0) is 18.2. The van der Waals surface area contributed by atoms with E-state index in [1.54, 1.807) is 12.1 Å². The lowest BCUT2D eigenvalue weighted by Crippen LogP contribution is -2.51. The van der Waals surface area contributed by atoms with E-state index in [9.17, 15) is 22.8 Å². The average Bonchev–Trinajstić information content (AvgIpc) is 2.54. The number of halogens is 3. The normalized spacial score (nSPS) is 17.2. The molecule has 0 spiro atoms. The van der Waals surface area contributed by atoms with Gasteiger partial charge in [0.05, 0.1) is 11.3 Å². The molecule has 2 amide bonds. The van der Waals surface area contributed by atoms with Gasteiger partial charge in [0.2, 0.25) is 0 Å². The number of alkyl halides is 3. The number of nitrogens with one attached hydrogen (secondary N) is 1. The van der Waals surface area contributed by atoms with Gasteiger partial charge >= 0.3 is 12.3 Å². The Morgan fingerprint density at radius 3 is 2.52 bits per heavy atom. The zero-order valence-corrected chi connectivity index (χ0v) is 12.6. The summed E-state index contributed by atoms with van der Waals surface area (Å²) >= 11 is 0. The first-order valence-corrected chi connectivity index (χ1v) is 7.22. The van der Waals surface area contributed by atoms with Crippen molar-refractivity contribution >= 4 is 23.5 Å². The summed E-state index contributed by atoms with van der Waals surface area (Å²) in [7, 11) is 0. The molecule has 6 nitrogen and oxygen atoms in total. The van der Waals surface area contributed by atoms with Gasteiger partial charge in [0.25, 0.3) is 5.91 Å². The molecule has 1 aromatic carbocycles. The van der Waals surface area contributed by atoms with Crippen LogP contribution in [-0.4, -0.2) is 28.1 Å². The van der Waals surface area contributed by atoms with Gasteiger partial charge in [0.15, 0.2) is 0 Å². The molecule has 2 heterocycles. The fourth-order valence-electron chi connectivity index (χ4n) is 2.67. The van der Waals surface area contributed by atoms with Crippen molar-refractivity contribution in [2.75, 3.05) is 4.90 Å². The maximum atomic E-state index is 12.7. The third kappa shape index (κ3) is 3.25. The van der Waals surface area contributed by atoms with Gasteiger partial charge in [-0.25, -0.2) is 9.78 Å². The monoisotopic (exact) mass is 351 g/mol. The number of carboxylic acid groups (broad SMARTS) is 1. The third-order valence-electron chi connectivity index (χ3n) is 3.77. The molecule has 25 heavy (non-hydrogen) atoms. The van der Waals surface area contributed by atoms with Crippen molar-refractivity contribution in [2.24, 2.45) is 0 Å². The van der Waals surface area contributed by atoms with E-state index >= 15 is 0 Å². The quantitative estimate of drug-likeness (QED) is 0.871. The van der Waals surface area contributed by atoms with Gasteiger partial charge in [-0.3, -0.25) is 9.69 Å². The van der Waals surface area contributed by atoms with Crippen LogP contribution in [0, 0.1) is 0 Å². The molecular formula is C16H12F3N3O3. The van der Waals surface area contributed by atoms with Crippen molar-refractivity contribution in [3.05, 3.63) is 53.7 Å². The number of amides is 2. The van der Waals surface area contributed by atoms with E-state index < -0.39 is 29.8 Å². The molecule has 1 atom stereocenters. The van der Waals surface area contributed by atoms with Gasteiger partial charge in [-0.15, -0.1) is 0 Å². The van der Waals surface area contributed by atoms with Crippen LogP contribution >= 0.6 is 0 Å². The van der Waals surface area contributed by atoms with Gasteiger partial charge in [0.1, 0.15) is 11.9 Å². The predicted molar refractivity (Wildman–Crippen MR) is 81.5 cm³/mol. The van der Waals surface area contributed by atoms with E-state index in [4.69, 9.17) is 5.11 Å². The smallest absolute Gasteiger partial charge is 0.416 e. The Balaban J connectivity index is 2.03. The molecular weight excluding hydrogens is 339 g/mol. The summed E-state index contributed by atoms with van der Waals surface area (Å²) in [6.45, 7) is 0. The van der Waals surface area contributed by atoms with Crippen molar-refractivity contribution in [2.45, 2.75) is 18.6 Å². The van der Waals surface area contributed by atoms with Crippen molar-refractivity contribution < 1.29 is 27.9 Å². The first-order chi connectivity index (χ1) is 11.8. The van der Waals surface area contributed by atoms with Crippen molar-refractivity contribution in [3.63, 3.8) is 0 Å². The Bertz CT molecular complexity index is 821. The number of rotatable bonds is 2. The fourth-order valence-corrected chi connectivity index (χ4v) is 2.67.